The number of amides is 3. The number of H-pyrrole nitrogens is 1. The average molecular weight is 533 g/mol. The summed E-state index contributed by atoms with van der Waals surface area (Å²) in [6.45, 7) is 7.88. The molecule has 3 amide bonds. The van der Waals surface area contributed by atoms with Gasteiger partial charge in [-0.3, -0.25) is 19.3 Å². The number of hydrogen-bond acceptors (Lipinski definition) is 6. The molecule has 0 aliphatic rings. The summed E-state index contributed by atoms with van der Waals surface area (Å²) in [6.07, 6.45) is 3.25. The molecular formula is C28H32N6O3S. The molecule has 9 nitrogen and oxygen atoms in total. The molecule has 0 spiro atoms. The Kier molecular flexibility index (Phi) is 7.54. The number of rotatable bonds is 9. The predicted molar refractivity (Wildman–Crippen MR) is 151 cm³/mol. The topological polar surface area (TPSA) is 147 Å². The van der Waals surface area contributed by atoms with Gasteiger partial charge in [0, 0.05) is 33.9 Å². The molecule has 2 aromatic heterocycles. The summed E-state index contributed by atoms with van der Waals surface area (Å²) in [4.78, 5) is 44.8. The maximum absolute atomic E-state index is 14.2. The summed E-state index contributed by atoms with van der Waals surface area (Å²) in [5.74, 6) is -1.74. The molecule has 1 unspecified atom stereocenters. The Morgan fingerprint density at radius 1 is 1.11 bits per heavy atom. The molecular weight excluding hydrogens is 500 g/mol. The minimum atomic E-state index is -1.06. The second-order valence-electron chi connectivity index (χ2n) is 9.75. The second-order valence-corrected chi connectivity index (χ2v) is 10.5. The van der Waals surface area contributed by atoms with Gasteiger partial charge in [-0.15, -0.1) is 0 Å². The molecule has 4 rings (SSSR count). The first kappa shape index (κ1) is 26.9. The number of aromatic nitrogens is 2. The number of aromatic amines is 1. The van der Waals surface area contributed by atoms with Gasteiger partial charge < -0.3 is 21.8 Å². The van der Waals surface area contributed by atoms with Crippen molar-refractivity contribution >= 4 is 51.5 Å². The molecule has 1 atom stereocenters. The summed E-state index contributed by atoms with van der Waals surface area (Å²) in [5.41, 5.74) is 13.8. The fourth-order valence-electron chi connectivity index (χ4n) is 4.22. The molecule has 198 valence electrons. The zero-order valence-corrected chi connectivity index (χ0v) is 22.7. The minimum Gasteiger partial charge on any atom is -0.395 e. The van der Waals surface area contributed by atoms with E-state index in [1.165, 1.54) is 4.90 Å². The number of carbonyl (C=O) groups is 3. The van der Waals surface area contributed by atoms with Crippen molar-refractivity contribution in [3.63, 3.8) is 0 Å². The normalized spacial score (nSPS) is 12.3. The highest BCUT2D eigenvalue weighted by Crippen LogP contribution is 2.36. The van der Waals surface area contributed by atoms with Gasteiger partial charge in [0.2, 0.25) is 5.91 Å². The molecule has 0 aliphatic heterocycles. The van der Waals surface area contributed by atoms with Crippen molar-refractivity contribution in [2.24, 2.45) is 5.73 Å². The van der Waals surface area contributed by atoms with Crippen molar-refractivity contribution in [3.8, 4) is 0 Å². The number of fused-ring (bicyclic) bond motifs is 1. The van der Waals surface area contributed by atoms with Crippen LogP contribution in [0.1, 0.15) is 71.4 Å². The summed E-state index contributed by atoms with van der Waals surface area (Å²) in [7, 11) is 0. The predicted octanol–water partition coefficient (Wildman–Crippen LogP) is 4.56. The lowest BCUT2D eigenvalue weighted by Gasteiger charge is -2.34. The van der Waals surface area contributed by atoms with E-state index in [-0.39, 0.29) is 22.2 Å². The van der Waals surface area contributed by atoms with Gasteiger partial charge in [-0.05, 0) is 62.0 Å². The van der Waals surface area contributed by atoms with Crippen molar-refractivity contribution in [2.75, 3.05) is 10.6 Å². The van der Waals surface area contributed by atoms with Crippen LogP contribution in [0.2, 0.25) is 0 Å². The summed E-state index contributed by atoms with van der Waals surface area (Å²) in [5, 5.41) is 3.92. The van der Waals surface area contributed by atoms with Gasteiger partial charge in [0.25, 0.3) is 11.8 Å². The standard InChI is InChI=1S/C28H32N6O3S/c1-5-16-11-13-17(14-12-16)34(27(37)24-21(29)22(25(30)35)33-38-24)23(26(36)32-28(3,4)6-2)19-15-31-20-10-8-7-9-18(19)20/h7-15,23,31H,5-6,29H2,1-4H3,(H2,30,35)(H,32,36). The third kappa shape index (κ3) is 5.12. The van der Waals surface area contributed by atoms with E-state index in [0.29, 0.717) is 17.7 Å². The van der Waals surface area contributed by atoms with Crippen molar-refractivity contribution in [1.82, 2.24) is 14.7 Å². The van der Waals surface area contributed by atoms with Gasteiger partial charge in [-0.2, -0.15) is 4.37 Å². The van der Waals surface area contributed by atoms with E-state index >= 15 is 0 Å². The monoisotopic (exact) mass is 532 g/mol. The van der Waals surface area contributed by atoms with Crippen LogP contribution in [-0.2, 0) is 11.2 Å². The molecule has 0 saturated carbocycles. The Hall–Kier alpha value is -4.18. The number of nitrogens with two attached hydrogens (primary N) is 2. The van der Waals surface area contributed by atoms with E-state index in [1.807, 2.05) is 76.2 Å². The van der Waals surface area contributed by atoms with E-state index in [0.717, 1.165) is 34.4 Å². The number of carbonyl (C=O) groups excluding carboxylic acids is 3. The molecule has 0 aliphatic carbocycles. The fourth-order valence-corrected chi connectivity index (χ4v) is 4.96. The first-order chi connectivity index (χ1) is 18.1. The largest absolute Gasteiger partial charge is 0.395 e. The van der Waals surface area contributed by atoms with Crippen LogP contribution in [0.3, 0.4) is 0 Å². The third-order valence-electron chi connectivity index (χ3n) is 6.77. The van der Waals surface area contributed by atoms with Crippen LogP contribution >= 0.6 is 11.5 Å². The van der Waals surface area contributed by atoms with Gasteiger partial charge >= 0.3 is 0 Å². The smallest absolute Gasteiger partial charge is 0.273 e. The highest BCUT2D eigenvalue weighted by atomic mass is 32.1. The number of primary amides is 1. The lowest BCUT2D eigenvalue weighted by Crippen LogP contribution is -2.50. The van der Waals surface area contributed by atoms with Crippen LogP contribution < -0.4 is 21.7 Å². The van der Waals surface area contributed by atoms with Crippen LogP contribution in [0.5, 0.6) is 0 Å². The van der Waals surface area contributed by atoms with Gasteiger partial charge in [0.15, 0.2) is 5.69 Å². The van der Waals surface area contributed by atoms with E-state index in [9.17, 15) is 14.4 Å². The molecule has 2 heterocycles. The SMILES string of the molecule is CCc1ccc(N(C(=O)c2snc(C(N)=O)c2N)C(C(=O)NC(C)(C)CC)c2c[nH]c3ccccc23)cc1. The van der Waals surface area contributed by atoms with Gasteiger partial charge in [0.1, 0.15) is 10.9 Å². The van der Waals surface area contributed by atoms with Crippen LogP contribution in [-0.4, -0.2) is 32.6 Å². The maximum atomic E-state index is 14.2. The minimum absolute atomic E-state index is 0.0331. The summed E-state index contributed by atoms with van der Waals surface area (Å²) >= 11 is 0.784. The van der Waals surface area contributed by atoms with Crippen LogP contribution in [0.4, 0.5) is 11.4 Å². The summed E-state index contributed by atoms with van der Waals surface area (Å²) in [6, 6.07) is 14.0. The Morgan fingerprint density at radius 3 is 2.39 bits per heavy atom. The first-order valence-corrected chi connectivity index (χ1v) is 13.2. The van der Waals surface area contributed by atoms with Crippen molar-refractivity contribution in [1.29, 1.82) is 0 Å². The van der Waals surface area contributed by atoms with E-state index in [4.69, 9.17) is 11.5 Å². The number of nitrogens with zero attached hydrogens (tertiary/aromatic N) is 2. The van der Waals surface area contributed by atoms with E-state index < -0.39 is 23.4 Å². The van der Waals surface area contributed by atoms with Crippen molar-refractivity contribution in [3.05, 3.63) is 76.4 Å². The van der Waals surface area contributed by atoms with Crippen LogP contribution in [0.15, 0.2) is 54.7 Å². The number of para-hydroxylation sites is 1. The Morgan fingerprint density at radius 2 is 1.79 bits per heavy atom. The first-order valence-electron chi connectivity index (χ1n) is 12.4. The number of nitrogen functional groups attached to an aromatic ring is 1. The van der Waals surface area contributed by atoms with E-state index in [2.05, 4.69) is 14.7 Å². The Bertz CT molecular complexity index is 1490. The molecule has 2 aromatic carbocycles. The molecule has 4 aromatic rings. The zero-order chi connectivity index (χ0) is 27.6. The molecule has 0 radical (unpaired) electrons. The molecule has 0 bridgehead atoms. The summed E-state index contributed by atoms with van der Waals surface area (Å²) < 4.78 is 4.02. The molecule has 38 heavy (non-hydrogen) atoms. The van der Waals surface area contributed by atoms with Crippen LogP contribution in [0, 0.1) is 0 Å². The highest BCUT2D eigenvalue weighted by Gasteiger charge is 2.38. The zero-order valence-electron chi connectivity index (χ0n) is 21.9. The van der Waals surface area contributed by atoms with Crippen LogP contribution in [0.25, 0.3) is 10.9 Å². The van der Waals surface area contributed by atoms with Gasteiger partial charge in [-0.1, -0.05) is 44.2 Å². The van der Waals surface area contributed by atoms with Gasteiger partial charge in [0.05, 0.1) is 5.69 Å². The maximum Gasteiger partial charge on any atom is 0.273 e. The van der Waals surface area contributed by atoms with Crippen molar-refractivity contribution in [2.45, 2.75) is 52.1 Å². The number of benzene rings is 2. The lowest BCUT2D eigenvalue weighted by atomic mass is 9.97. The molecule has 0 fully saturated rings. The lowest BCUT2D eigenvalue weighted by molar-refractivity contribution is -0.124. The number of aryl methyl sites for hydroxylation is 1. The third-order valence-corrected chi connectivity index (χ3v) is 7.62. The fraction of sp³-hybridized carbons (Fsp3) is 0.286. The van der Waals surface area contributed by atoms with E-state index in [1.54, 1.807) is 6.20 Å². The number of anilines is 2. The Balaban J connectivity index is 1.95. The Labute approximate surface area is 225 Å². The quantitative estimate of drug-likeness (QED) is 0.249. The van der Waals surface area contributed by atoms with Crippen molar-refractivity contribution < 1.29 is 14.4 Å². The molecule has 10 heteroatoms. The highest BCUT2D eigenvalue weighted by molar-refractivity contribution is 7.09. The van der Waals surface area contributed by atoms with Gasteiger partial charge in [-0.25, -0.2) is 0 Å². The average Bonchev–Trinajstić information content (AvgIpc) is 3.50. The second kappa shape index (κ2) is 10.7. The number of hydrogen-bond donors (Lipinski definition) is 4. The molecule has 6 N–H and O–H groups in total. The number of nitrogens with one attached hydrogen (secondary N) is 2. The molecule has 0 saturated heterocycles.